The van der Waals surface area contributed by atoms with Crippen molar-refractivity contribution in [2.45, 2.75) is 117 Å². The molecule has 0 aliphatic heterocycles. The summed E-state index contributed by atoms with van der Waals surface area (Å²) >= 11 is 0. The molecule has 0 heterocycles. The van der Waals surface area contributed by atoms with Crippen LogP contribution in [0.25, 0.3) is 0 Å². The molecule has 0 aliphatic carbocycles. The highest BCUT2D eigenvalue weighted by atomic mass is 28.2. The van der Waals surface area contributed by atoms with E-state index in [9.17, 15) is 4.79 Å². The molecule has 2 radical (unpaired) electrons. The summed E-state index contributed by atoms with van der Waals surface area (Å²) in [4.78, 5) is 12.0. The number of carbonyl (C=O) groups excluding carboxylic acids is 1. The van der Waals surface area contributed by atoms with E-state index in [1.54, 1.807) is 0 Å². The maximum atomic E-state index is 12.0. The average Bonchev–Trinajstić information content (AvgIpc) is 2.64. The van der Waals surface area contributed by atoms with E-state index in [1.165, 1.54) is 38.5 Å². The van der Waals surface area contributed by atoms with Gasteiger partial charge in [-0.15, -0.1) is 0 Å². The molecule has 0 rings (SSSR count). The van der Waals surface area contributed by atoms with Crippen molar-refractivity contribution in [1.29, 1.82) is 0 Å². The zero-order valence-electron chi connectivity index (χ0n) is 18.4. The van der Waals surface area contributed by atoms with Crippen LogP contribution in [0.4, 0.5) is 0 Å². The maximum Gasteiger partial charge on any atom is 0.282 e. The van der Waals surface area contributed by atoms with Gasteiger partial charge >= 0.3 is 0 Å². The summed E-state index contributed by atoms with van der Waals surface area (Å²) in [6, 6.07) is 1.10. The molecule has 5 heteroatoms. The fourth-order valence-corrected chi connectivity index (χ4v) is 4.26. The van der Waals surface area contributed by atoms with Crippen molar-refractivity contribution in [3.63, 3.8) is 0 Å². The van der Waals surface area contributed by atoms with E-state index in [0.29, 0.717) is 34.7 Å². The van der Waals surface area contributed by atoms with E-state index in [4.69, 9.17) is 14.2 Å². The van der Waals surface area contributed by atoms with Gasteiger partial charge in [0.05, 0.1) is 0 Å². The highest BCUT2D eigenvalue weighted by Crippen LogP contribution is 2.24. The second kappa shape index (κ2) is 19.1. The van der Waals surface area contributed by atoms with Crippen molar-refractivity contribution < 1.29 is 19.0 Å². The van der Waals surface area contributed by atoms with Crippen molar-refractivity contribution in [2.75, 3.05) is 19.8 Å². The first kappa shape index (κ1) is 26.8. The Hall–Kier alpha value is -0.233. The van der Waals surface area contributed by atoms with E-state index >= 15 is 0 Å². The molecule has 4 nitrogen and oxygen atoms in total. The number of hydrogen-bond donors (Lipinski definition) is 0. The van der Waals surface area contributed by atoms with Gasteiger partial charge in [-0.25, -0.2) is 0 Å². The third-order valence-corrected chi connectivity index (χ3v) is 5.83. The summed E-state index contributed by atoms with van der Waals surface area (Å²) < 4.78 is 17.2. The van der Waals surface area contributed by atoms with Crippen LogP contribution in [0.3, 0.4) is 0 Å². The third kappa shape index (κ3) is 15.4. The van der Waals surface area contributed by atoms with Crippen LogP contribution in [0.5, 0.6) is 0 Å². The molecular formula is C22H44O4Si. The Labute approximate surface area is 170 Å². The molecule has 0 aliphatic rings. The van der Waals surface area contributed by atoms with Crippen LogP contribution in [0, 0.1) is 0 Å². The van der Waals surface area contributed by atoms with Gasteiger partial charge in [0.15, 0.2) is 0 Å². The zero-order valence-corrected chi connectivity index (χ0v) is 19.4. The van der Waals surface area contributed by atoms with Crippen LogP contribution in [0.15, 0.2) is 0 Å². The number of rotatable bonds is 21. The lowest BCUT2D eigenvalue weighted by atomic mass is 10.1. The minimum absolute atomic E-state index is 0.468. The molecule has 0 aromatic rings. The van der Waals surface area contributed by atoms with Gasteiger partial charge in [-0.05, 0) is 33.6 Å². The Kier molecular flexibility index (Phi) is 18.9. The van der Waals surface area contributed by atoms with E-state index in [0.717, 1.165) is 44.6 Å². The normalized spacial score (nSPS) is 11.9. The summed E-state index contributed by atoms with van der Waals surface area (Å²) in [5.41, 5.74) is 0. The third-order valence-electron chi connectivity index (χ3n) is 4.58. The summed E-state index contributed by atoms with van der Waals surface area (Å²) in [5, 5.41) is 0.468. The van der Waals surface area contributed by atoms with Gasteiger partial charge in [0.25, 0.3) is 5.97 Å². The maximum absolute atomic E-state index is 12.0. The van der Waals surface area contributed by atoms with Gasteiger partial charge in [-0.3, -0.25) is 0 Å². The molecule has 0 saturated carbocycles. The molecule has 0 aromatic carbocycles. The predicted molar refractivity (Wildman–Crippen MR) is 114 cm³/mol. The predicted octanol–water partition coefficient (Wildman–Crippen LogP) is 6.10. The average molecular weight is 401 g/mol. The van der Waals surface area contributed by atoms with Crippen LogP contribution in [-0.2, 0) is 19.0 Å². The molecule has 0 spiro atoms. The van der Waals surface area contributed by atoms with Crippen molar-refractivity contribution >= 4 is 14.9 Å². The van der Waals surface area contributed by atoms with Crippen LogP contribution < -0.4 is 0 Å². The summed E-state index contributed by atoms with van der Waals surface area (Å²) in [6.45, 7) is 9.86. The second-order valence-corrected chi connectivity index (χ2v) is 8.43. The Morgan fingerprint density at radius 2 is 1.22 bits per heavy atom. The van der Waals surface area contributed by atoms with E-state index in [2.05, 4.69) is 6.92 Å². The topological polar surface area (TPSA) is 44.8 Å². The lowest BCUT2D eigenvalue weighted by Crippen LogP contribution is -2.39. The number of carbonyl (C=O) groups is 1. The molecular weight excluding hydrogens is 356 g/mol. The van der Waals surface area contributed by atoms with Crippen LogP contribution >= 0.6 is 0 Å². The standard InChI is InChI=1S/C22H44O4Si/c1-5-9-10-11-14-17-20-27-21(23)18-15-12-13-16-19-22(24-6-2,25-7-3)26-8-4/h5-20H2,1-4H3. The Morgan fingerprint density at radius 1 is 0.704 bits per heavy atom. The van der Waals surface area contributed by atoms with Gasteiger partial charge in [-0.2, -0.15) is 0 Å². The van der Waals surface area contributed by atoms with E-state index in [1.807, 2.05) is 20.8 Å². The largest absolute Gasteiger partial charge is 0.328 e. The molecule has 160 valence electrons. The molecule has 0 aromatic heterocycles. The minimum Gasteiger partial charge on any atom is -0.328 e. The Bertz CT molecular complexity index is 319. The number of ether oxygens (including phenoxy) is 3. The first-order valence-electron chi connectivity index (χ1n) is 11.3. The molecule has 27 heavy (non-hydrogen) atoms. The highest BCUT2D eigenvalue weighted by molar-refractivity contribution is 6.73. The number of unbranched alkanes of at least 4 members (excludes halogenated alkanes) is 8. The first-order valence-corrected chi connectivity index (χ1v) is 12.5. The second-order valence-electron chi connectivity index (χ2n) is 7.01. The lowest BCUT2D eigenvalue weighted by molar-refractivity contribution is -0.380. The van der Waals surface area contributed by atoms with Crippen molar-refractivity contribution in [3.8, 4) is 0 Å². The Morgan fingerprint density at radius 3 is 1.81 bits per heavy atom. The molecule has 0 saturated heterocycles. The van der Waals surface area contributed by atoms with Gasteiger partial charge in [0, 0.05) is 32.7 Å². The molecule has 0 amide bonds. The summed E-state index contributed by atoms with van der Waals surface area (Å²) in [6.07, 6.45) is 13.5. The van der Waals surface area contributed by atoms with E-state index < -0.39 is 5.97 Å². The summed E-state index contributed by atoms with van der Waals surface area (Å²) in [5.74, 6) is -0.882. The highest BCUT2D eigenvalue weighted by Gasteiger charge is 2.31. The molecule has 0 bridgehead atoms. The minimum atomic E-state index is -0.882. The monoisotopic (exact) mass is 400 g/mol. The number of hydrogen-bond acceptors (Lipinski definition) is 4. The lowest BCUT2D eigenvalue weighted by Gasteiger charge is -2.32. The molecule has 0 unspecified atom stereocenters. The van der Waals surface area contributed by atoms with Crippen LogP contribution in [0.2, 0.25) is 6.04 Å². The SMILES string of the molecule is CCCCCCCC[Si]C(=O)CCCCCCC(OCC)(OCC)OCC. The van der Waals surface area contributed by atoms with Crippen LogP contribution in [-0.4, -0.2) is 40.7 Å². The van der Waals surface area contributed by atoms with Gasteiger partial charge in [0.2, 0.25) is 0 Å². The fourth-order valence-electron chi connectivity index (χ4n) is 3.20. The smallest absolute Gasteiger partial charge is 0.282 e. The quantitative estimate of drug-likeness (QED) is 0.133. The molecule has 0 atom stereocenters. The van der Waals surface area contributed by atoms with Crippen molar-refractivity contribution in [1.82, 2.24) is 0 Å². The Balaban J connectivity index is 3.71. The van der Waals surface area contributed by atoms with E-state index in [-0.39, 0.29) is 0 Å². The summed E-state index contributed by atoms with van der Waals surface area (Å²) in [7, 11) is 0.522. The van der Waals surface area contributed by atoms with Gasteiger partial charge < -0.3 is 19.0 Å². The van der Waals surface area contributed by atoms with Crippen molar-refractivity contribution in [2.24, 2.45) is 0 Å². The van der Waals surface area contributed by atoms with Crippen molar-refractivity contribution in [3.05, 3.63) is 0 Å². The first-order chi connectivity index (χ1) is 13.1. The zero-order chi connectivity index (χ0) is 20.2. The molecule has 0 N–H and O–H groups in total. The fraction of sp³-hybridized carbons (Fsp3) is 0.955. The van der Waals surface area contributed by atoms with Gasteiger partial charge in [0.1, 0.15) is 14.9 Å². The van der Waals surface area contributed by atoms with Gasteiger partial charge in [-0.1, -0.05) is 64.3 Å². The van der Waals surface area contributed by atoms with Crippen LogP contribution in [0.1, 0.15) is 105 Å². The molecule has 0 fully saturated rings.